The van der Waals surface area contributed by atoms with Gasteiger partial charge in [-0.3, -0.25) is 0 Å². The molecule has 1 heteroatoms. The van der Waals surface area contributed by atoms with E-state index in [4.69, 9.17) is 0 Å². The van der Waals surface area contributed by atoms with E-state index in [1.165, 1.54) is 18.5 Å². The molecule has 0 radical (unpaired) electrons. The van der Waals surface area contributed by atoms with E-state index in [1.807, 2.05) is 7.05 Å². The summed E-state index contributed by atoms with van der Waals surface area (Å²) in [7, 11) is 2.01. The first kappa shape index (κ1) is 8.63. The van der Waals surface area contributed by atoms with Crippen LogP contribution in [0.4, 0.5) is 0 Å². The lowest BCUT2D eigenvalue weighted by Gasteiger charge is -2.12. The van der Waals surface area contributed by atoms with Crippen molar-refractivity contribution in [1.29, 1.82) is 0 Å². The van der Waals surface area contributed by atoms with Gasteiger partial charge in [-0.2, -0.15) is 0 Å². The lowest BCUT2D eigenvalue weighted by atomic mass is 10.0. The van der Waals surface area contributed by atoms with Gasteiger partial charge in [-0.05, 0) is 24.2 Å². The monoisotopic (exact) mass is 153 g/mol. The summed E-state index contributed by atoms with van der Waals surface area (Å²) in [5.41, 5.74) is 1.92. The molecule has 1 rings (SSSR count). The summed E-state index contributed by atoms with van der Waals surface area (Å²) < 4.78 is 0. The number of hydrogen-bond acceptors (Lipinski definition) is 1. The number of nitrogens with one attached hydrogen (secondary N) is 1. The van der Waals surface area contributed by atoms with Gasteiger partial charge in [0, 0.05) is 12.7 Å². The molecular formula is C10H19N. The molecule has 0 bridgehead atoms. The fourth-order valence-corrected chi connectivity index (χ4v) is 1.24. The highest BCUT2D eigenvalue weighted by Gasteiger charge is 2.35. The predicted molar refractivity (Wildman–Crippen MR) is 49.3 cm³/mol. The van der Waals surface area contributed by atoms with Crippen molar-refractivity contribution < 1.29 is 0 Å². The molecule has 0 unspecified atom stereocenters. The van der Waals surface area contributed by atoms with Gasteiger partial charge in [0.15, 0.2) is 0 Å². The van der Waals surface area contributed by atoms with Crippen LogP contribution >= 0.6 is 0 Å². The van der Waals surface area contributed by atoms with Crippen LogP contribution in [0.3, 0.4) is 0 Å². The van der Waals surface area contributed by atoms with E-state index in [0.717, 1.165) is 0 Å². The average molecular weight is 153 g/mol. The minimum Gasteiger partial charge on any atom is -0.391 e. The fraction of sp³-hybridized carbons (Fsp3) is 0.800. The van der Waals surface area contributed by atoms with Gasteiger partial charge in [-0.15, -0.1) is 0 Å². The molecule has 1 aliphatic carbocycles. The predicted octanol–water partition coefficient (Wildman–Crippen LogP) is 2.55. The van der Waals surface area contributed by atoms with Gasteiger partial charge in [-0.1, -0.05) is 26.8 Å². The largest absolute Gasteiger partial charge is 0.391 e. The van der Waals surface area contributed by atoms with Crippen LogP contribution in [0.5, 0.6) is 0 Å². The number of rotatable bonds is 3. The minimum absolute atomic E-state index is 0.530. The van der Waals surface area contributed by atoms with Crippen molar-refractivity contribution in [3.63, 3.8) is 0 Å². The van der Waals surface area contributed by atoms with E-state index in [9.17, 15) is 0 Å². The Labute approximate surface area is 69.9 Å². The standard InChI is InChI=1S/C10H19N/c1-8(2)9(11-4)7-10(3)5-6-10/h7-8,11H,5-6H2,1-4H3/b9-7-. The summed E-state index contributed by atoms with van der Waals surface area (Å²) in [5.74, 6) is 0.637. The number of hydrogen-bond donors (Lipinski definition) is 1. The summed E-state index contributed by atoms with van der Waals surface area (Å²) in [5, 5.41) is 3.26. The van der Waals surface area contributed by atoms with E-state index >= 15 is 0 Å². The van der Waals surface area contributed by atoms with Crippen LogP contribution in [0.25, 0.3) is 0 Å². The Kier molecular flexibility index (Phi) is 2.26. The highest BCUT2D eigenvalue weighted by molar-refractivity contribution is 5.14. The molecule has 0 heterocycles. The van der Waals surface area contributed by atoms with Crippen LogP contribution in [0.1, 0.15) is 33.6 Å². The first-order valence-corrected chi connectivity index (χ1v) is 4.48. The van der Waals surface area contributed by atoms with Gasteiger partial charge in [0.05, 0.1) is 0 Å². The van der Waals surface area contributed by atoms with Crippen molar-refractivity contribution in [1.82, 2.24) is 5.32 Å². The maximum absolute atomic E-state index is 3.26. The maximum Gasteiger partial charge on any atom is 0.00950 e. The Morgan fingerprint density at radius 3 is 2.27 bits per heavy atom. The third kappa shape index (κ3) is 2.25. The molecule has 11 heavy (non-hydrogen) atoms. The second-order valence-corrected chi connectivity index (χ2v) is 4.16. The zero-order chi connectivity index (χ0) is 8.48. The fourth-order valence-electron chi connectivity index (χ4n) is 1.24. The Bertz CT molecular complexity index is 164. The third-order valence-electron chi connectivity index (χ3n) is 2.45. The summed E-state index contributed by atoms with van der Waals surface area (Å²) in [6.07, 6.45) is 5.13. The van der Waals surface area contributed by atoms with E-state index in [2.05, 4.69) is 32.2 Å². The molecular weight excluding hydrogens is 134 g/mol. The van der Waals surface area contributed by atoms with Gasteiger partial charge in [0.1, 0.15) is 0 Å². The van der Waals surface area contributed by atoms with Crippen molar-refractivity contribution >= 4 is 0 Å². The molecule has 0 aromatic heterocycles. The summed E-state index contributed by atoms with van der Waals surface area (Å²) in [6, 6.07) is 0. The average Bonchev–Trinajstić information content (AvgIpc) is 2.64. The molecule has 0 aliphatic heterocycles. The van der Waals surface area contributed by atoms with Crippen LogP contribution in [0, 0.1) is 11.3 Å². The quantitative estimate of drug-likeness (QED) is 0.657. The highest BCUT2D eigenvalue weighted by Crippen LogP contribution is 2.47. The molecule has 1 fully saturated rings. The van der Waals surface area contributed by atoms with Gasteiger partial charge in [-0.25, -0.2) is 0 Å². The Morgan fingerprint density at radius 2 is 2.00 bits per heavy atom. The summed E-state index contributed by atoms with van der Waals surface area (Å²) >= 11 is 0. The van der Waals surface area contributed by atoms with Crippen LogP contribution in [0.2, 0.25) is 0 Å². The summed E-state index contributed by atoms with van der Waals surface area (Å²) in [4.78, 5) is 0. The van der Waals surface area contributed by atoms with Crippen molar-refractivity contribution in [3.05, 3.63) is 11.8 Å². The first-order chi connectivity index (χ1) is 5.07. The van der Waals surface area contributed by atoms with Gasteiger partial charge in [0.25, 0.3) is 0 Å². The normalized spacial score (nSPS) is 22.1. The SMILES string of the molecule is CN/C(=C\C1(C)CC1)C(C)C. The molecule has 1 N–H and O–H groups in total. The van der Waals surface area contributed by atoms with Crippen LogP contribution in [0.15, 0.2) is 11.8 Å². The van der Waals surface area contributed by atoms with Crippen molar-refractivity contribution in [2.45, 2.75) is 33.6 Å². The molecule has 64 valence electrons. The summed E-state index contributed by atoms with van der Waals surface area (Å²) in [6.45, 7) is 6.79. The smallest absolute Gasteiger partial charge is 0.00950 e. The van der Waals surface area contributed by atoms with E-state index in [0.29, 0.717) is 11.3 Å². The van der Waals surface area contributed by atoms with E-state index in [1.54, 1.807) is 0 Å². The first-order valence-electron chi connectivity index (χ1n) is 4.48. The lowest BCUT2D eigenvalue weighted by molar-refractivity contribution is 0.651. The zero-order valence-electron chi connectivity index (χ0n) is 8.07. The topological polar surface area (TPSA) is 12.0 Å². The second-order valence-electron chi connectivity index (χ2n) is 4.16. The molecule has 0 aromatic rings. The van der Waals surface area contributed by atoms with Crippen LogP contribution < -0.4 is 5.32 Å². The molecule has 1 nitrogen and oxygen atoms in total. The van der Waals surface area contributed by atoms with Gasteiger partial charge in [0.2, 0.25) is 0 Å². The van der Waals surface area contributed by atoms with E-state index in [-0.39, 0.29) is 0 Å². The Hall–Kier alpha value is -0.460. The lowest BCUT2D eigenvalue weighted by Crippen LogP contribution is -2.13. The molecule has 0 amide bonds. The molecule has 0 saturated heterocycles. The van der Waals surface area contributed by atoms with Crippen LogP contribution in [-0.2, 0) is 0 Å². The second kappa shape index (κ2) is 2.88. The Morgan fingerprint density at radius 1 is 1.45 bits per heavy atom. The number of allylic oxidation sites excluding steroid dienone is 2. The van der Waals surface area contributed by atoms with Crippen LogP contribution in [-0.4, -0.2) is 7.05 Å². The molecule has 1 aliphatic rings. The van der Waals surface area contributed by atoms with Crippen molar-refractivity contribution in [2.24, 2.45) is 11.3 Å². The molecule has 1 saturated carbocycles. The molecule has 0 aromatic carbocycles. The minimum atomic E-state index is 0.530. The van der Waals surface area contributed by atoms with Crippen molar-refractivity contribution in [3.8, 4) is 0 Å². The maximum atomic E-state index is 3.26. The van der Waals surface area contributed by atoms with E-state index < -0.39 is 0 Å². The zero-order valence-corrected chi connectivity index (χ0v) is 8.07. The van der Waals surface area contributed by atoms with Gasteiger partial charge >= 0.3 is 0 Å². The third-order valence-corrected chi connectivity index (χ3v) is 2.45. The van der Waals surface area contributed by atoms with Gasteiger partial charge < -0.3 is 5.32 Å². The molecule has 0 spiro atoms. The Balaban J connectivity index is 2.60. The van der Waals surface area contributed by atoms with Crippen molar-refractivity contribution in [2.75, 3.05) is 7.05 Å². The highest BCUT2D eigenvalue weighted by atomic mass is 14.8. The molecule has 0 atom stereocenters.